The summed E-state index contributed by atoms with van der Waals surface area (Å²) in [5.74, 6) is 2.01. The Balaban J connectivity index is 1.49. The summed E-state index contributed by atoms with van der Waals surface area (Å²) in [5, 5.41) is 5.05. The highest BCUT2D eigenvalue weighted by molar-refractivity contribution is 14.1. The van der Waals surface area contributed by atoms with Crippen LogP contribution in [0, 0.1) is 3.57 Å². The first-order chi connectivity index (χ1) is 15.0. The van der Waals surface area contributed by atoms with Crippen LogP contribution in [0.15, 0.2) is 65.8 Å². The van der Waals surface area contributed by atoms with Crippen LogP contribution in [-0.2, 0) is 13.7 Å². The Morgan fingerprint density at radius 3 is 2.68 bits per heavy atom. The highest BCUT2D eigenvalue weighted by Gasteiger charge is 2.12. The Morgan fingerprint density at radius 1 is 1.16 bits per heavy atom. The van der Waals surface area contributed by atoms with Gasteiger partial charge in [-0.1, -0.05) is 35.9 Å². The molecule has 1 N–H and O–H groups in total. The number of hydrogen-bond acceptors (Lipinski definition) is 5. The average molecular weight is 547 g/mol. The largest absolute Gasteiger partial charge is 0.493 e. The van der Waals surface area contributed by atoms with E-state index in [0.717, 1.165) is 25.7 Å². The third-order valence-electron chi connectivity index (χ3n) is 4.71. The molecule has 6 nitrogen and oxygen atoms in total. The lowest BCUT2D eigenvalue weighted by Gasteiger charge is -2.13. The number of imidazole rings is 1. The van der Waals surface area contributed by atoms with Crippen molar-refractivity contribution in [3.8, 4) is 11.5 Å². The second-order valence-corrected chi connectivity index (χ2v) is 8.40. The van der Waals surface area contributed by atoms with E-state index in [2.05, 4.69) is 38.1 Å². The third kappa shape index (κ3) is 4.94. The second kappa shape index (κ2) is 9.57. The first-order valence-electron chi connectivity index (χ1n) is 9.50. The van der Waals surface area contributed by atoms with Gasteiger partial charge in [-0.05, 0) is 70.1 Å². The van der Waals surface area contributed by atoms with Gasteiger partial charge in [0.25, 0.3) is 0 Å². The SMILES string of the molecule is COc1cc(/C=N\Nc2nc3ccccc3n2C)cc(I)c1OCc1ccc(Cl)cc1. The lowest BCUT2D eigenvalue weighted by molar-refractivity contribution is 0.282. The number of halogens is 2. The van der Waals surface area contributed by atoms with Crippen LogP contribution in [0.1, 0.15) is 11.1 Å². The summed E-state index contributed by atoms with van der Waals surface area (Å²) in [6.45, 7) is 0.422. The van der Waals surface area contributed by atoms with E-state index in [-0.39, 0.29) is 0 Å². The molecule has 4 aromatic rings. The van der Waals surface area contributed by atoms with Gasteiger partial charge >= 0.3 is 0 Å². The van der Waals surface area contributed by atoms with Crippen LogP contribution in [0.5, 0.6) is 11.5 Å². The summed E-state index contributed by atoms with van der Waals surface area (Å²) in [6.07, 6.45) is 1.73. The fourth-order valence-electron chi connectivity index (χ4n) is 3.10. The van der Waals surface area contributed by atoms with Gasteiger partial charge in [0.05, 0.1) is 27.9 Å². The van der Waals surface area contributed by atoms with E-state index >= 15 is 0 Å². The summed E-state index contributed by atoms with van der Waals surface area (Å²) in [6, 6.07) is 19.4. The Hall–Kier alpha value is -2.78. The van der Waals surface area contributed by atoms with E-state index in [4.69, 9.17) is 21.1 Å². The number of nitrogens with zero attached hydrogens (tertiary/aromatic N) is 3. The number of rotatable bonds is 7. The molecular formula is C23H20ClIN4O2. The monoisotopic (exact) mass is 546 g/mol. The maximum Gasteiger partial charge on any atom is 0.224 e. The van der Waals surface area contributed by atoms with E-state index in [0.29, 0.717) is 29.1 Å². The summed E-state index contributed by atoms with van der Waals surface area (Å²) in [4.78, 5) is 4.55. The maximum atomic E-state index is 6.01. The van der Waals surface area contributed by atoms with E-state index in [1.165, 1.54) is 0 Å². The number of anilines is 1. The van der Waals surface area contributed by atoms with Crippen molar-refractivity contribution in [2.45, 2.75) is 6.61 Å². The molecular weight excluding hydrogens is 527 g/mol. The minimum Gasteiger partial charge on any atom is -0.493 e. The fraction of sp³-hybridized carbons (Fsp3) is 0.130. The van der Waals surface area contributed by atoms with Gasteiger partial charge in [-0.2, -0.15) is 5.10 Å². The molecule has 0 fully saturated rings. The predicted molar refractivity (Wildman–Crippen MR) is 133 cm³/mol. The maximum absolute atomic E-state index is 6.01. The molecule has 4 rings (SSSR count). The molecule has 158 valence electrons. The van der Waals surface area contributed by atoms with Gasteiger partial charge < -0.3 is 14.0 Å². The van der Waals surface area contributed by atoms with Gasteiger partial charge in [-0.25, -0.2) is 10.4 Å². The highest BCUT2D eigenvalue weighted by atomic mass is 127. The molecule has 0 aliphatic heterocycles. The van der Waals surface area contributed by atoms with Crippen molar-refractivity contribution in [1.82, 2.24) is 9.55 Å². The molecule has 8 heteroatoms. The third-order valence-corrected chi connectivity index (χ3v) is 5.77. The molecule has 0 saturated heterocycles. The average Bonchev–Trinajstić information content (AvgIpc) is 3.09. The lowest BCUT2D eigenvalue weighted by atomic mass is 10.2. The van der Waals surface area contributed by atoms with Crippen molar-refractivity contribution in [3.63, 3.8) is 0 Å². The molecule has 0 spiro atoms. The molecule has 31 heavy (non-hydrogen) atoms. The fourth-order valence-corrected chi connectivity index (χ4v) is 4.01. The molecule has 0 aliphatic rings. The summed E-state index contributed by atoms with van der Waals surface area (Å²) < 4.78 is 14.5. The van der Waals surface area contributed by atoms with Crippen molar-refractivity contribution in [2.75, 3.05) is 12.5 Å². The number of nitrogens with one attached hydrogen (secondary N) is 1. The van der Waals surface area contributed by atoms with Gasteiger partial charge in [-0.15, -0.1) is 0 Å². The first-order valence-corrected chi connectivity index (χ1v) is 11.0. The van der Waals surface area contributed by atoms with Crippen molar-refractivity contribution in [2.24, 2.45) is 12.1 Å². The van der Waals surface area contributed by atoms with Crippen LogP contribution in [0.25, 0.3) is 11.0 Å². The van der Waals surface area contributed by atoms with Crippen LogP contribution < -0.4 is 14.9 Å². The molecule has 1 heterocycles. The zero-order valence-electron chi connectivity index (χ0n) is 17.0. The van der Waals surface area contributed by atoms with Crippen molar-refractivity contribution in [1.29, 1.82) is 0 Å². The smallest absolute Gasteiger partial charge is 0.224 e. The van der Waals surface area contributed by atoms with Gasteiger partial charge in [0.2, 0.25) is 5.95 Å². The highest BCUT2D eigenvalue weighted by Crippen LogP contribution is 2.34. The predicted octanol–water partition coefficient (Wildman–Crippen LogP) is 5.86. The summed E-state index contributed by atoms with van der Waals surface area (Å²) >= 11 is 8.18. The number of aromatic nitrogens is 2. The summed E-state index contributed by atoms with van der Waals surface area (Å²) in [7, 11) is 3.57. The molecule has 0 saturated carbocycles. The number of hydrazone groups is 1. The molecule has 0 aliphatic carbocycles. The zero-order chi connectivity index (χ0) is 21.8. The number of fused-ring (bicyclic) bond motifs is 1. The van der Waals surface area contributed by atoms with Crippen molar-refractivity contribution >= 4 is 57.4 Å². The minimum absolute atomic E-state index is 0.422. The number of benzene rings is 3. The van der Waals surface area contributed by atoms with E-state index in [1.807, 2.05) is 72.3 Å². The molecule has 0 bridgehead atoms. The zero-order valence-corrected chi connectivity index (χ0v) is 19.9. The van der Waals surface area contributed by atoms with Gasteiger partial charge in [-0.3, -0.25) is 0 Å². The number of methoxy groups -OCH3 is 1. The Labute approximate surface area is 199 Å². The quantitative estimate of drug-likeness (QED) is 0.179. The van der Waals surface area contributed by atoms with Crippen LogP contribution in [0.4, 0.5) is 5.95 Å². The minimum atomic E-state index is 0.422. The molecule has 0 unspecified atom stereocenters. The van der Waals surface area contributed by atoms with Crippen molar-refractivity contribution < 1.29 is 9.47 Å². The van der Waals surface area contributed by atoms with E-state index in [9.17, 15) is 0 Å². The van der Waals surface area contributed by atoms with Gasteiger partial charge in [0.15, 0.2) is 11.5 Å². The molecule has 0 atom stereocenters. The molecule has 0 radical (unpaired) electrons. The summed E-state index contributed by atoms with van der Waals surface area (Å²) in [5.41, 5.74) is 6.88. The lowest BCUT2D eigenvalue weighted by Crippen LogP contribution is -2.01. The van der Waals surface area contributed by atoms with Crippen LogP contribution in [0.3, 0.4) is 0 Å². The number of ether oxygens (including phenoxy) is 2. The number of aryl methyl sites for hydroxylation is 1. The first kappa shape index (κ1) is 21.5. The van der Waals surface area contributed by atoms with Crippen LogP contribution >= 0.6 is 34.2 Å². The molecule has 0 amide bonds. The molecule has 3 aromatic carbocycles. The Kier molecular flexibility index (Phi) is 6.62. The van der Waals surface area contributed by atoms with Gasteiger partial charge in [0, 0.05) is 12.1 Å². The Bertz CT molecular complexity index is 1240. The normalized spacial score (nSPS) is 11.2. The van der Waals surface area contributed by atoms with Crippen LogP contribution in [-0.4, -0.2) is 22.9 Å². The van der Waals surface area contributed by atoms with E-state index < -0.39 is 0 Å². The Morgan fingerprint density at radius 2 is 1.94 bits per heavy atom. The standard InChI is InChI=1S/C23H20ClIN4O2/c1-29-20-6-4-3-5-19(20)27-23(29)28-26-13-16-11-18(25)22(21(12-16)30-2)31-14-15-7-9-17(24)10-8-15/h3-13H,14H2,1-2H3,(H,27,28)/b26-13-. The van der Waals surface area contributed by atoms with Crippen LogP contribution in [0.2, 0.25) is 5.02 Å². The molecule has 1 aromatic heterocycles. The second-order valence-electron chi connectivity index (χ2n) is 6.80. The van der Waals surface area contributed by atoms with Gasteiger partial charge in [0.1, 0.15) is 6.61 Å². The topological polar surface area (TPSA) is 60.7 Å². The van der Waals surface area contributed by atoms with E-state index in [1.54, 1.807) is 13.3 Å². The number of hydrogen-bond donors (Lipinski definition) is 1. The number of para-hydroxylation sites is 2. The van der Waals surface area contributed by atoms with Crippen molar-refractivity contribution in [3.05, 3.63) is 80.4 Å².